The van der Waals surface area contributed by atoms with Gasteiger partial charge in [-0.2, -0.15) is 5.10 Å². The van der Waals surface area contributed by atoms with Crippen molar-refractivity contribution in [3.8, 4) is 0 Å². The summed E-state index contributed by atoms with van der Waals surface area (Å²) in [6.45, 7) is 5.17. The van der Waals surface area contributed by atoms with E-state index in [1.165, 1.54) is 0 Å². The normalized spacial score (nSPS) is 12.1. The maximum atomic E-state index is 12.4. The molecular formula is C20H24N4O2. The van der Waals surface area contributed by atoms with Gasteiger partial charge in [-0.3, -0.25) is 9.48 Å². The van der Waals surface area contributed by atoms with E-state index in [2.05, 4.69) is 15.4 Å². The van der Waals surface area contributed by atoms with Crippen molar-refractivity contribution < 1.29 is 9.21 Å². The molecule has 1 unspecified atom stereocenters. The van der Waals surface area contributed by atoms with Gasteiger partial charge in [-0.25, -0.2) is 4.98 Å². The molecule has 1 N–H and O–H groups in total. The van der Waals surface area contributed by atoms with Gasteiger partial charge in [0.2, 0.25) is 5.91 Å². The second-order valence-electron chi connectivity index (χ2n) is 6.32. The molecule has 0 radical (unpaired) electrons. The summed E-state index contributed by atoms with van der Waals surface area (Å²) in [5.74, 6) is 2.42. The Kier molecular flexibility index (Phi) is 5.84. The molecule has 0 aliphatic heterocycles. The van der Waals surface area contributed by atoms with Crippen LogP contribution in [0.4, 0.5) is 0 Å². The van der Waals surface area contributed by atoms with Crippen LogP contribution in [0.3, 0.4) is 0 Å². The van der Waals surface area contributed by atoms with Gasteiger partial charge >= 0.3 is 0 Å². The van der Waals surface area contributed by atoms with Gasteiger partial charge in [0.25, 0.3) is 0 Å². The van der Waals surface area contributed by atoms with Crippen LogP contribution in [0.2, 0.25) is 0 Å². The minimum atomic E-state index is -0.0774. The average Bonchev–Trinajstić information content (AvgIpc) is 3.27. The fourth-order valence-electron chi connectivity index (χ4n) is 3.04. The lowest BCUT2D eigenvalue weighted by Crippen LogP contribution is -2.27. The first-order valence-corrected chi connectivity index (χ1v) is 8.86. The van der Waals surface area contributed by atoms with Crippen molar-refractivity contribution in [2.45, 2.75) is 39.2 Å². The van der Waals surface area contributed by atoms with Gasteiger partial charge in [-0.15, -0.1) is 0 Å². The number of nitrogens with zero attached hydrogens (tertiary/aromatic N) is 3. The van der Waals surface area contributed by atoms with Gasteiger partial charge in [-0.1, -0.05) is 30.3 Å². The maximum Gasteiger partial charge on any atom is 0.221 e. The van der Waals surface area contributed by atoms with Crippen molar-refractivity contribution in [1.82, 2.24) is 20.1 Å². The Balaban J connectivity index is 1.53. The van der Waals surface area contributed by atoms with E-state index in [0.717, 1.165) is 35.9 Å². The number of hydrogen-bond acceptors (Lipinski definition) is 4. The zero-order chi connectivity index (χ0) is 18.4. The molecule has 3 aromatic rings. The quantitative estimate of drug-likeness (QED) is 0.632. The van der Waals surface area contributed by atoms with E-state index >= 15 is 0 Å². The molecule has 0 saturated carbocycles. The number of furan rings is 1. The highest BCUT2D eigenvalue weighted by molar-refractivity contribution is 5.77. The SMILES string of the molecule is Cc1nc(C)n(CCCNC(=O)CC(c2ccccc2)c2ccco2)n1. The van der Waals surface area contributed by atoms with E-state index in [1.54, 1.807) is 6.26 Å². The highest BCUT2D eigenvalue weighted by Crippen LogP contribution is 2.28. The number of carbonyl (C=O) groups excluding carboxylic acids is 1. The van der Waals surface area contributed by atoms with Crippen LogP contribution in [0.25, 0.3) is 0 Å². The molecule has 136 valence electrons. The molecule has 3 rings (SSSR count). The average molecular weight is 352 g/mol. The topological polar surface area (TPSA) is 73.0 Å². The molecule has 1 atom stereocenters. The number of carbonyl (C=O) groups is 1. The Bertz CT molecular complexity index is 825. The lowest BCUT2D eigenvalue weighted by molar-refractivity contribution is -0.121. The number of amides is 1. The van der Waals surface area contributed by atoms with Crippen molar-refractivity contribution in [3.05, 3.63) is 71.7 Å². The second-order valence-corrected chi connectivity index (χ2v) is 6.32. The van der Waals surface area contributed by atoms with Crippen LogP contribution < -0.4 is 5.32 Å². The molecule has 1 aromatic carbocycles. The van der Waals surface area contributed by atoms with Gasteiger partial charge in [0, 0.05) is 19.5 Å². The van der Waals surface area contributed by atoms with Gasteiger partial charge in [0.1, 0.15) is 17.4 Å². The van der Waals surface area contributed by atoms with E-state index < -0.39 is 0 Å². The Morgan fingerprint density at radius 2 is 2.00 bits per heavy atom. The molecular weight excluding hydrogens is 328 g/mol. The van der Waals surface area contributed by atoms with Gasteiger partial charge in [-0.05, 0) is 38.0 Å². The van der Waals surface area contributed by atoms with E-state index in [1.807, 2.05) is 61.0 Å². The summed E-state index contributed by atoms with van der Waals surface area (Å²) >= 11 is 0. The molecule has 26 heavy (non-hydrogen) atoms. The molecule has 6 nitrogen and oxygen atoms in total. The third-order valence-electron chi connectivity index (χ3n) is 4.31. The summed E-state index contributed by atoms with van der Waals surface area (Å²) in [7, 11) is 0. The Morgan fingerprint density at radius 3 is 2.65 bits per heavy atom. The maximum absolute atomic E-state index is 12.4. The number of nitrogens with one attached hydrogen (secondary N) is 1. The van der Waals surface area contributed by atoms with Crippen molar-refractivity contribution >= 4 is 5.91 Å². The molecule has 2 aromatic heterocycles. The fourth-order valence-corrected chi connectivity index (χ4v) is 3.04. The summed E-state index contributed by atoms with van der Waals surface area (Å²) in [6, 6.07) is 13.7. The van der Waals surface area contributed by atoms with E-state index in [9.17, 15) is 4.79 Å². The predicted molar refractivity (Wildman–Crippen MR) is 98.7 cm³/mol. The van der Waals surface area contributed by atoms with Crippen LogP contribution in [-0.2, 0) is 11.3 Å². The van der Waals surface area contributed by atoms with Crippen LogP contribution in [-0.4, -0.2) is 27.2 Å². The first-order chi connectivity index (χ1) is 12.6. The molecule has 0 fully saturated rings. The molecule has 0 aliphatic carbocycles. The Morgan fingerprint density at radius 1 is 1.19 bits per heavy atom. The zero-order valence-corrected chi connectivity index (χ0v) is 15.2. The van der Waals surface area contributed by atoms with Crippen LogP contribution in [0, 0.1) is 13.8 Å². The largest absolute Gasteiger partial charge is 0.469 e. The highest BCUT2D eigenvalue weighted by atomic mass is 16.3. The molecule has 0 bridgehead atoms. The summed E-state index contributed by atoms with van der Waals surface area (Å²) in [5, 5.41) is 7.33. The monoisotopic (exact) mass is 352 g/mol. The Hall–Kier alpha value is -2.89. The lowest BCUT2D eigenvalue weighted by atomic mass is 9.93. The lowest BCUT2D eigenvalue weighted by Gasteiger charge is -2.15. The first kappa shape index (κ1) is 17.9. The van der Waals surface area contributed by atoms with E-state index in [-0.39, 0.29) is 11.8 Å². The van der Waals surface area contributed by atoms with Crippen LogP contribution in [0.1, 0.15) is 41.7 Å². The summed E-state index contributed by atoms with van der Waals surface area (Å²) in [4.78, 5) is 16.7. The molecule has 6 heteroatoms. The van der Waals surface area contributed by atoms with Crippen molar-refractivity contribution in [3.63, 3.8) is 0 Å². The minimum absolute atomic E-state index is 0.0155. The number of aromatic nitrogens is 3. The third kappa shape index (κ3) is 4.59. The predicted octanol–water partition coefficient (Wildman–Crippen LogP) is 3.22. The third-order valence-corrected chi connectivity index (χ3v) is 4.31. The van der Waals surface area contributed by atoms with Gasteiger partial charge < -0.3 is 9.73 Å². The fraction of sp³-hybridized carbons (Fsp3) is 0.350. The van der Waals surface area contributed by atoms with Crippen LogP contribution in [0.15, 0.2) is 53.1 Å². The van der Waals surface area contributed by atoms with E-state index in [4.69, 9.17) is 4.42 Å². The molecule has 0 saturated heterocycles. The van der Waals surface area contributed by atoms with Crippen molar-refractivity contribution in [1.29, 1.82) is 0 Å². The Labute approximate surface area is 153 Å². The molecule has 2 heterocycles. The minimum Gasteiger partial charge on any atom is -0.469 e. The zero-order valence-electron chi connectivity index (χ0n) is 15.2. The smallest absolute Gasteiger partial charge is 0.221 e. The van der Waals surface area contributed by atoms with E-state index in [0.29, 0.717) is 13.0 Å². The summed E-state index contributed by atoms with van der Waals surface area (Å²) < 4.78 is 7.42. The molecule has 0 spiro atoms. The number of aryl methyl sites for hydroxylation is 3. The number of benzene rings is 1. The standard InChI is InChI=1S/C20H24N4O2/c1-15-22-16(2)24(23-15)12-7-11-21-20(25)14-18(19-10-6-13-26-19)17-8-4-3-5-9-17/h3-6,8-10,13,18H,7,11-12,14H2,1-2H3,(H,21,25). The van der Waals surface area contributed by atoms with Crippen molar-refractivity contribution in [2.24, 2.45) is 0 Å². The highest BCUT2D eigenvalue weighted by Gasteiger charge is 2.20. The summed E-state index contributed by atoms with van der Waals surface area (Å²) in [6.07, 6.45) is 2.82. The molecule has 0 aliphatic rings. The van der Waals surface area contributed by atoms with Crippen LogP contribution in [0.5, 0.6) is 0 Å². The number of hydrogen-bond donors (Lipinski definition) is 1. The van der Waals surface area contributed by atoms with Gasteiger partial charge in [0.05, 0.1) is 12.2 Å². The first-order valence-electron chi connectivity index (χ1n) is 8.86. The van der Waals surface area contributed by atoms with Crippen LogP contribution >= 0.6 is 0 Å². The van der Waals surface area contributed by atoms with Gasteiger partial charge in [0.15, 0.2) is 0 Å². The summed E-state index contributed by atoms with van der Waals surface area (Å²) in [5.41, 5.74) is 1.08. The number of rotatable bonds is 8. The second kappa shape index (κ2) is 8.47. The van der Waals surface area contributed by atoms with Crippen molar-refractivity contribution in [2.75, 3.05) is 6.54 Å². The molecule has 1 amide bonds.